The Hall–Kier alpha value is -0.540. The van der Waals surface area contributed by atoms with E-state index in [9.17, 15) is 0 Å². The van der Waals surface area contributed by atoms with Gasteiger partial charge in [0.25, 0.3) is 0 Å². The van der Waals surface area contributed by atoms with Crippen LogP contribution < -0.4 is 10.1 Å². The van der Waals surface area contributed by atoms with E-state index >= 15 is 0 Å². The van der Waals surface area contributed by atoms with Gasteiger partial charge >= 0.3 is 0 Å². The van der Waals surface area contributed by atoms with Crippen molar-refractivity contribution in [3.63, 3.8) is 0 Å². The van der Waals surface area contributed by atoms with Gasteiger partial charge in [0, 0.05) is 17.1 Å². The number of aryl methyl sites for hydroxylation is 1. The Bertz CT molecular complexity index is 415. The van der Waals surface area contributed by atoms with Crippen molar-refractivity contribution in [2.75, 3.05) is 13.2 Å². The van der Waals surface area contributed by atoms with Crippen LogP contribution >= 0.6 is 15.9 Å². The molecule has 1 aromatic carbocycles. The van der Waals surface area contributed by atoms with E-state index in [0.29, 0.717) is 12.6 Å². The van der Waals surface area contributed by atoms with Gasteiger partial charge in [0.2, 0.25) is 0 Å². The highest BCUT2D eigenvalue weighted by Gasteiger charge is 2.19. The van der Waals surface area contributed by atoms with E-state index in [-0.39, 0.29) is 5.41 Å². The van der Waals surface area contributed by atoms with E-state index in [1.807, 2.05) is 13.0 Å². The number of nitrogens with one attached hydrogen (secondary N) is 1. The summed E-state index contributed by atoms with van der Waals surface area (Å²) in [5.41, 5.74) is 1.58. The first-order valence-corrected chi connectivity index (χ1v) is 8.28. The zero-order valence-electron chi connectivity index (χ0n) is 13.4. The smallest absolute Gasteiger partial charge is 0.122 e. The van der Waals surface area contributed by atoms with E-state index in [2.05, 4.69) is 61.1 Å². The summed E-state index contributed by atoms with van der Waals surface area (Å²) < 4.78 is 6.84. The Balaban J connectivity index is 2.65. The third-order valence-electron chi connectivity index (χ3n) is 3.38. The summed E-state index contributed by atoms with van der Waals surface area (Å²) in [5, 5.41) is 3.53. The highest BCUT2D eigenvalue weighted by molar-refractivity contribution is 9.10. The second-order valence-electron chi connectivity index (χ2n) is 6.38. The Morgan fingerprint density at radius 1 is 1.30 bits per heavy atom. The summed E-state index contributed by atoms with van der Waals surface area (Å²) in [6, 6.07) is 6.82. The molecule has 2 nitrogen and oxygen atoms in total. The molecule has 0 unspecified atom stereocenters. The van der Waals surface area contributed by atoms with Crippen molar-refractivity contribution in [3.8, 4) is 5.75 Å². The van der Waals surface area contributed by atoms with Crippen molar-refractivity contribution in [2.45, 2.75) is 53.5 Å². The lowest BCUT2D eigenvalue weighted by atomic mass is 9.86. The van der Waals surface area contributed by atoms with E-state index in [0.717, 1.165) is 29.6 Å². The highest BCUT2D eigenvalue weighted by atomic mass is 79.9. The molecule has 0 aromatic heterocycles. The van der Waals surface area contributed by atoms with Crippen LogP contribution in [0.4, 0.5) is 0 Å². The van der Waals surface area contributed by atoms with Gasteiger partial charge in [-0.3, -0.25) is 0 Å². The summed E-state index contributed by atoms with van der Waals surface area (Å²) in [6.45, 7) is 12.8. The van der Waals surface area contributed by atoms with Crippen LogP contribution in [-0.4, -0.2) is 19.2 Å². The largest absolute Gasteiger partial charge is 0.494 e. The van der Waals surface area contributed by atoms with Gasteiger partial charge in [0.15, 0.2) is 0 Å². The molecule has 1 N–H and O–H groups in total. The maximum absolute atomic E-state index is 5.72. The zero-order chi connectivity index (χ0) is 15.2. The molecule has 0 heterocycles. The Kier molecular flexibility index (Phi) is 7.04. The molecule has 1 aromatic rings. The minimum absolute atomic E-state index is 0.288. The first-order valence-electron chi connectivity index (χ1n) is 7.48. The van der Waals surface area contributed by atoms with Gasteiger partial charge < -0.3 is 10.1 Å². The Labute approximate surface area is 132 Å². The molecule has 1 rings (SSSR count). The summed E-state index contributed by atoms with van der Waals surface area (Å²) in [4.78, 5) is 0. The standard InChI is InChI=1S/C17H28BrNO/c1-6-20-16-8-7-15(18)11-14(16)9-10-17(4,5)12-19-13(2)3/h7-8,11,13,19H,6,9-10,12H2,1-5H3. The Morgan fingerprint density at radius 3 is 2.60 bits per heavy atom. The van der Waals surface area contributed by atoms with Gasteiger partial charge in [0.05, 0.1) is 6.61 Å². The molecule has 0 aliphatic rings. The van der Waals surface area contributed by atoms with Gasteiger partial charge in [-0.05, 0) is 48.9 Å². The number of hydrogen-bond donors (Lipinski definition) is 1. The van der Waals surface area contributed by atoms with Crippen LogP contribution in [0, 0.1) is 5.41 Å². The molecule has 0 fully saturated rings. The predicted molar refractivity (Wildman–Crippen MR) is 90.6 cm³/mol. The first-order chi connectivity index (χ1) is 9.34. The fourth-order valence-corrected chi connectivity index (χ4v) is 2.49. The second-order valence-corrected chi connectivity index (χ2v) is 7.30. The molecule has 0 saturated heterocycles. The third-order valence-corrected chi connectivity index (χ3v) is 3.88. The van der Waals surface area contributed by atoms with Crippen LogP contribution in [-0.2, 0) is 6.42 Å². The molecule has 20 heavy (non-hydrogen) atoms. The monoisotopic (exact) mass is 341 g/mol. The number of benzene rings is 1. The van der Waals surface area contributed by atoms with Crippen LogP contribution in [0.25, 0.3) is 0 Å². The predicted octanol–water partition coefficient (Wildman–Crippen LogP) is 4.80. The summed E-state index contributed by atoms with van der Waals surface area (Å²) >= 11 is 3.55. The minimum atomic E-state index is 0.288. The lowest BCUT2D eigenvalue weighted by molar-refractivity contribution is 0.298. The van der Waals surface area contributed by atoms with E-state index in [1.54, 1.807) is 0 Å². The average Bonchev–Trinajstić information content (AvgIpc) is 2.37. The number of rotatable bonds is 8. The lowest BCUT2D eigenvalue weighted by Gasteiger charge is -2.27. The topological polar surface area (TPSA) is 21.3 Å². The number of hydrogen-bond acceptors (Lipinski definition) is 2. The van der Waals surface area contributed by atoms with Crippen LogP contribution in [0.3, 0.4) is 0 Å². The molecule has 0 saturated carbocycles. The molecule has 0 amide bonds. The molecule has 0 radical (unpaired) electrons. The molecule has 0 atom stereocenters. The van der Waals surface area contributed by atoms with Crippen LogP contribution in [0.2, 0.25) is 0 Å². The quantitative estimate of drug-likeness (QED) is 0.732. The fraction of sp³-hybridized carbons (Fsp3) is 0.647. The van der Waals surface area contributed by atoms with Crippen molar-refractivity contribution < 1.29 is 4.74 Å². The van der Waals surface area contributed by atoms with Crippen LogP contribution in [0.15, 0.2) is 22.7 Å². The second kappa shape index (κ2) is 8.04. The molecule has 0 aliphatic heterocycles. The number of halogens is 1. The van der Waals surface area contributed by atoms with Crippen LogP contribution in [0.1, 0.15) is 46.6 Å². The molecule has 0 spiro atoms. The van der Waals surface area contributed by atoms with E-state index in [1.165, 1.54) is 5.56 Å². The SMILES string of the molecule is CCOc1ccc(Br)cc1CCC(C)(C)CNC(C)C. The van der Waals surface area contributed by atoms with Crippen molar-refractivity contribution in [1.29, 1.82) is 0 Å². The molecule has 0 bridgehead atoms. The minimum Gasteiger partial charge on any atom is -0.494 e. The normalized spacial score (nSPS) is 11.9. The molecular formula is C17H28BrNO. The van der Waals surface area contributed by atoms with Gasteiger partial charge in [0.1, 0.15) is 5.75 Å². The van der Waals surface area contributed by atoms with Crippen molar-refractivity contribution in [1.82, 2.24) is 5.32 Å². The van der Waals surface area contributed by atoms with E-state index < -0.39 is 0 Å². The van der Waals surface area contributed by atoms with Crippen LogP contribution in [0.5, 0.6) is 5.75 Å². The molecule has 3 heteroatoms. The highest BCUT2D eigenvalue weighted by Crippen LogP contribution is 2.28. The van der Waals surface area contributed by atoms with Crippen molar-refractivity contribution in [3.05, 3.63) is 28.2 Å². The molecule has 114 valence electrons. The zero-order valence-corrected chi connectivity index (χ0v) is 15.0. The third kappa shape index (κ3) is 6.27. The maximum atomic E-state index is 5.72. The van der Waals surface area contributed by atoms with Crippen molar-refractivity contribution in [2.24, 2.45) is 5.41 Å². The van der Waals surface area contributed by atoms with Gasteiger partial charge in [-0.15, -0.1) is 0 Å². The summed E-state index contributed by atoms with van der Waals surface area (Å²) in [5.74, 6) is 1.02. The molecular weight excluding hydrogens is 314 g/mol. The lowest BCUT2D eigenvalue weighted by Crippen LogP contribution is -2.34. The van der Waals surface area contributed by atoms with Gasteiger partial charge in [-0.1, -0.05) is 43.6 Å². The summed E-state index contributed by atoms with van der Waals surface area (Å²) in [7, 11) is 0. The van der Waals surface area contributed by atoms with E-state index in [4.69, 9.17) is 4.74 Å². The fourth-order valence-electron chi connectivity index (χ4n) is 2.08. The maximum Gasteiger partial charge on any atom is 0.122 e. The van der Waals surface area contributed by atoms with Crippen molar-refractivity contribution >= 4 is 15.9 Å². The average molecular weight is 342 g/mol. The Morgan fingerprint density at radius 2 is 2.00 bits per heavy atom. The number of ether oxygens (including phenoxy) is 1. The van der Waals surface area contributed by atoms with Gasteiger partial charge in [-0.2, -0.15) is 0 Å². The van der Waals surface area contributed by atoms with Gasteiger partial charge in [-0.25, -0.2) is 0 Å². The first kappa shape index (κ1) is 17.5. The summed E-state index contributed by atoms with van der Waals surface area (Å²) in [6.07, 6.45) is 2.19. The molecule has 0 aliphatic carbocycles.